The van der Waals surface area contributed by atoms with Crippen LogP contribution < -0.4 is 5.32 Å². The van der Waals surface area contributed by atoms with E-state index in [1.807, 2.05) is 0 Å². The van der Waals surface area contributed by atoms with Gasteiger partial charge in [0.2, 0.25) is 0 Å². The molecular formula is C29H33F3N6O5S. The van der Waals surface area contributed by atoms with Crippen LogP contribution in [-0.4, -0.2) is 100.0 Å². The molecule has 0 radical (unpaired) electrons. The van der Waals surface area contributed by atoms with Crippen molar-refractivity contribution in [1.82, 2.24) is 25.2 Å². The van der Waals surface area contributed by atoms with E-state index in [9.17, 15) is 23.9 Å². The number of benzene rings is 1. The summed E-state index contributed by atoms with van der Waals surface area (Å²) in [5.41, 5.74) is -0.615. The maximum Gasteiger partial charge on any atom is 0.338 e. The van der Waals surface area contributed by atoms with Crippen molar-refractivity contribution in [2.24, 2.45) is 10.4 Å². The number of aromatic nitrogens is 1. The first-order chi connectivity index (χ1) is 20.7. The van der Waals surface area contributed by atoms with E-state index in [4.69, 9.17) is 9.73 Å². The van der Waals surface area contributed by atoms with Crippen molar-refractivity contribution in [1.29, 1.82) is 0 Å². The number of carbonyl (C=O) groups is 3. The Balaban J connectivity index is 1.59. The lowest BCUT2D eigenvalue weighted by Gasteiger charge is -2.34. The molecule has 3 aliphatic rings. The Bertz CT molecular complexity index is 1550. The quantitative estimate of drug-likeness (QED) is 0.401. The standard InChI is InChI=1S/C29H33F3N6O5S/c1-6-43-26(40)19-18(34-23(24-33-10-11-44-24)35-20(19)16-8-7-9-17(30)15(16)2)12-37-14-29(31,32)22-21(37)25(39)38(36(22)5)13-28(3,4)27(41)42/h7-11,20-22H,6,12-14H2,1-5H3,(H,34,35)(H,41,42)/t20-,21+,22+/m0/s1. The molecule has 0 saturated carbocycles. The first-order valence-electron chi connectivity index (χ1n) is 14.0. The molecule has 0 unspecified atom stereocenters. The Hall–Kier alpha value is -3.82. The minimum atomic E-state index is -3.36. The highest BCUT2D eigenvalue weighted by Crippen LogP contribution is 2.43. The Morgan fingerprint density at radius 2 is 2.02 bits per heavy atom. The van der Waals surface area contributed by atoms with Gasteiger partial charge in [-0.25, -0.2) is 28.0 Å². The van der Waals surface area contributed by atoms with E-state index in [1.54, 1.807) is 31.5 Å². The summed E-state index contributed by atoms with van der Waals surface area (Å²) < 4.78 is 51.4. The Labute approximate surface area is 256 Å². The van der Waals surface area contributed by atoms with Gasteiger partial charge in [-0.3, -0.25) is 24.5 Å². The number of nitrogens with zero attached hydrogens (tertiary/aromatic N) is 5. The van der Waals surface area contributed by atoms with Gasteiger partial charge in [-0.05, 0) is 44.9 Å². The molecule has 11 nitrogen and oxygen atoms in total. The fraction of sp³-hybridized carbons (Fsp3) is 0.483. The van der Waals surface area contributed by atoms with Crippen LogP contribution in [0.5, 0.6) is 0 Å². The number of hydrazine groups is 1. The molecular weight excluding hydrogens is 601 g/mol. The molecule has 0 spiro atoms. The second-order valence-corrected chi connectivity index (χ2v) is 12.5. The molecule has 15 heteroatoms. The SMILES string of the molecule is CCOC(=O)C1=C(CN2CC(F)(F)[C@H]3[C@@H]2C(=O)N(CC(C)(C)C(=O)O)N3C)NC(c2nccs2)=N[C@H]1c1cccc(F)c1C. The number of hydrogen-bond acceptors (Lipinski definition) is 10. The minimum Gasteiger partial charge on any atom is -0.481 e. The summed E-state index contributed by atoms with van der Waals surface area (Å²) in [5.74, 6) is -6.25. The van der Waals surface area contributed by atoms with Gasteiger partial charge in [-0.1, -0.05) is 12.1 Å². The summed E-state index contributed by atoms with van der Waals surface area (Å²) in [4.78, 5) is 49.3. The smallest absolute Gasteiger partial charge is 0.338 e. The van der Waals surface area contributed by atoms with Crippen molar-refractivity contribution in [3.05, 3.63) is 63.0 Å². The number of ether oxygens (including phenoxy) is 1. The highest BCUT2D eigenvalue weighted by atomic mass is 32.1. The lowest BCUT2D eigenvalue weighted by Crippen LogP contribution is -2.51. The number of likely N-dealkylation sites (tertiary alicyclic amines) is 1. The van der Waals surface area contributed by atoms with E-state index in [2.05, 4.69) is 10.3 Å². The van der Waals surface area contributed by atoms with Crippen molar-refractivity contribution in [3.8, 4) is 0 Å². The number of likely N-dealkylation sites (N-methyl/N-ethyl adjacent to an activating group) is 1. The fourth-order valence-corrected chi connectivity index (χ4v) is 6.46. The van der Waals surface area contributed by atoms with Crippen molar-refractivity contribution in [3.63, 3.8) is 0 Å². The van der Waals surface area contributed by atoms with Crippen LogP contribution in [0.25, 0.3) is 0 Å². The molecule has 1 aromatic carbocycles. The third-order valence-corrected chi connectivity index (χ3v) is 8.96. The van der Waals surface area contributed by atoms with Gasteiger partial charge in [-0.15, -0.1) is 11.3 Å². The second kappa shape index (κ2) is 11.6. The highest BCUT2D eigenvalue weighted by molar-refractivity contribution is 7.11. The second-order valence-electron chi connectivity index (χ2n) is 11.6. The molecule has 4 heterocycles. The minimum absolute atomic E-state index is 0.00436. The summed E-state index contributed by atoms with van der Waals surface area (Å²) in [5, 5.41) is 17.0. The van der Waals surface area contributed by atoms with Crippen LogP contribution in [0.15, 0.2) is 46.0 Å². The number of fused-ring (bicyclic) bond motifs is 1. The molecule has 236 valence electrons. The summed E-state index contributed by atoms with van der Waals surface area (Å²) in [6, 6.07) is 0.440. The molecule has 1 aromatic heterocycles. The molecule has 2 aromatic rings. The van der Waals surface area contributed by atoms with E-state index >= 15 is 8.78 Å². The third-order valence-electron chi connectivity index (χ3n) is 8.18. The van der Waals surface area contributed by atoms with E-state index in [0.29, 0.717) is 10.6 Å². The lowest BCUT2D eigenvalue weighted by molar-refractivity contribution is -0.158. The average molecular weight is 635 g/mol. The van der Waals surface area contributed by atoms with Gasteiger partial charge in [0.25, 0.3) is 11.8 Å². The molecule has 3 atom stereocenters. The van der Waals surface area contributed by atoms with Gasteiger partial charge in [0.15, 0.2) is 10.8 Å². The van der Waals surface area contributed by atoms with Crippen molar-refractivity contribution >= 4 is 35.0 Å². The van der Waals surface area contributed by atoms with Crippen molar-refractivity contribution in [2.45, 2.75) is 51.7 Å². The lowest BCUT2D eigenvalue weighted by atomic mass is 9.92. The maximum atomic E-state index is 15.6. The predicted octanol–water partition coefficient (Wildman–Crippen LogP) is 2.99. The van der Waals surface area contributed by atoms with Crippen LogP contribution in [0.2, 0.25) is 0 Å². The van der Waals surface area contributed by atoms with Gasteiger partial charge < -0.3 is 15.2 Å². The van der Waals surface area contributed by atoms with E-state index in [0.717, 1.165) is 10.0 Å². The Kier molecular flexibility index (Phi) is 8.33. The Morgan fingerprint density at radius 1 is 1.30 bits per heavy atom. The number of rotatable bonds is 9. The number of aliphatic imine (C=N–C) groups is 1. The number of esters is 1. The number of carbonyl (C=O) groups excluding carboxylic acids is 2. The van der Waals surface area contributed by atoms with Crippen LogP contribution in [0, 0.1) is 18.2 Å². The molecule has 3 aliphatic heterocycles. The first kappa shape index (κ1) is 31.6. The van der Waals surface area contributed by atoms with Gasteiger partial charge >= 0.3 is 11.9 Å². The molecule has 0 bridgehead atoms. The van der Waals surface area contributed by atoms with E-state index < -0.39 is 59.7 Å². The van der Waals surface area contributed by atoms with E-state index in [-0.39, 0.29) is 42.4 Å². The Morgan fingerprint density at radius 3 is 2.66 bits per heavy atom. The number of alkyl halides is 2. The van der Waals surface area contributed by atoms with Gasteiger partial charge in [0.05, 0.1) is 30.7 Å². The molecule has 2 N–H and O–H groups in total. The largest absolute Gasteiger partial charge is 0.481 e. The molecule has 0 aliphatic carbocycles. The zero-order valence-electron chi connectivity index (χ0n) is 24.8. The molecule has 1 amide bonds. The zero-order valence-corrected chi connectivity index (χ0v) is 25.6. The number of aliphatic carboxylic acids is 1. The van der Waals surface area contributed by atoms with Gasteiger partial charge in [0.1, 0.15) is 23.9 Å². The number of halogens is 3. The number of hydrogen-bond donors (Lipinski definition) is 2. The van der Waals surface area contributed by atoms with Crippen LogP contribution in [0.3, 0.4) is 0 Å². The van der Waals surface area contributed by atoms with Gasteiger partial charge in [0, 0.05) is 30.9 Å². The number of amidine groups is 1. The zero-order chi connectivity index (χ0) is 32.1. The summed E-state index contributed by atoms with van der Waals surface area (Å²) >= 11 is 1.26. The summed E-state index contributed by atoms with van der Waals surface area (Å²) in [6.45, 7) is 4.59. The fourth-order valence-electron chi connectivity index (χ4n) is 5.87. The van der Waals surface area contributed by atoms with Gasteiger partial charge in [-0.2, -0.15) is 0 Å². The number of carboxylic acid groups (broad SMARTS) is 1. The highest BCUT2D eigenvalue weighted by Gasteiger charge is 2.65. The van der Waals surface area contributed by atoms with Crippen molar-refractivity contribution in [2.75, 3.05) is 33.3 Å². The van der Waals surface area contributed by atoms with Crippen LogP contribution in [0.1, 0.15) is 42.9 Å². The average Bonchev–Trinajstić information content (AvgIpc) is 3.64. The molecule has 2 saturated heterocycles. The number of thiazole rings is 1. The normalized spacial score (nSPS) is 23.9. The number of nitrogens with one attached hydrogen (secondary N) is 1. The molecule has 2 fully saturated rings. The molecule has 5 rings (SSSR count). The topological polar surface area (TPSA) is 128 Å². The monoisotopic (exact) mass is 634 g/mol. The van der Waals surface area contributed by atoms with Crippen LogP contribution in [-0.2, 0) is 19.1 Å². The first-order valence-corrected chi connectivity index (χ1v) is 14.8. The summed E-state index contributed by atoms with van der Waals surface area (Å²) in [6.07, 6.45) is 1.56. The van der Waals surface area contributed by atoms with E-state index in [1.165, 1.54) is 49.3 Å². The number of carboxylic acids is 1. The van der Waals surface area contributed by atoms with Crippen LogP contribution >= 0.6 is 11.3 Å². The maximum absolute atomic E-state index is 15.6. The van der Waals surface area contributed by atoms with Crippen LogP contribution in [0.4, 0.5) is 13.2 Å². The number of amides is 1. The molecule has 44 heavy (non-hydrogen) atoms. The third kappa shape index (κ3) is 5.48. The predicted molar refractivity (Wildman–Crippen MR) is 154 cm³/mol. The summed E-state index contributed by atoms with van der Waals surface area (Å²) in [7, 11) is 1.34. The van der Waals surface area contributed by atoms with Crippen molar-refractivity contribution < 1.29 is 37.4 Å².